The first-order chi connectivity index (χ1) is 11.1. The summed E-state index contributed by atoms with van der Waals surface area (Å²) < 4.78 is 0.559. The molecule has 7 heteroatoms. The third kappa shape index (κ3) is 2.27. The van der Waals surface area contributed by atoms with E-state index in [2.05, 4.69) is 110 Å². The Morgan fingerprint density at radius 2 is 0.846 bits per heavy atom. The van der Waals surface area contributed by atoms with Gasteiger partial charge in [0.15, 0.2) is 0 Å². The van der Waals surface area contributed by atoms with E-state index in [0.29, 0.717) is 4.28 Å². The highest BCUT2D eigenvalue weighted by Crippen LogP contribution is 2.74. The normalized spacial score (nSPS) is 37.6. The van der Waals surface area contributed by atoms with Crippen molar-refractivity contribution >= 4 is 53.6 Å². The van der Waals surface area contributed by atoms with Gasteiger partial charge in [0.1, 0.15) is 8.07 Å². The molecule has 26 heavy (non-hydrogen) atoms. The Balaban J connectivity index is 3.11. The van der Waals surface area contributed by atoms with Crippen molar-refractivity contribution in [3.05, 3.63) is 0 Å². The molecular weight excluding hydrogens is 425 g/mol. The summed E-state index contributed by atoms with van der Waals surface area (Å²) in [4.78, 5) is 1.24. The van der Waals surface area contributed by atoms with Crippen LogP contribution in [0.1, 0.15) is 0 Å². The van der Waals surface area contributed by atoms with Crippen molar-refractivity contribution < 1.29 is 0 Å². The molecule has 0 N–H and O–H groups in total. The van der Waals surface area contributed by atoms with Gasteiger partial charge in [-0.3, -0.25) is 0 Å². The zero-order chi connectivity index (χ0) is 21.0. The molecule has 0 amide bonds. The molecule has 3 rings (SSSR count). The lowest BCUT2D eigenvalue weighted by molar-refractivity contribution is 1.15. The maximum absolute atomic E-state index is 4.40. The quantitative estimate of drug-likeness (QED) is 0.274. The molecule has 0 nitrogen and oxygen atoms in total. The van der Waals surface area contributed by atoms with Crippen molar-refractivity contribution in [2.45, 2.75) is 107 Å². The van der Waals surface area contributed by atoms with Crippen LogP contribution >= 0.6 is 0 Å². The summed E-state index contributed by atoms with van der Waals surface area (Å²) in [6.07, 6.45) is 0. The third-order valence-electron chi connectivity index (χ3n) is 10.4. The number of hydrogen-bond acceptors (Lipinski definition) is 0. The molecule has 0 aliphatic carbocycles. The molecule has 3 fully saturated rings. The van der Waals surface area contributed by atoms with Gasteiger partial charge in [0, 0.05) is 27.1 Å². The lowest BCUT2D eigenvalue weighted by Gasteiger charge is -2.83. The van der Waals surface area contributed by atoms with Crippen LogP contribution in [0.3, 0.4) is 0 Å². The topological polar surface area (TPSA) is 0 Å². The van der Waals surface area contributed by atoms with Gasteiger partial charge in [-0.25, -0.2) is 0 Å². The zero-order valence-corrected chi connectivity index (χ0v) is 27.6. The molecule has 0 unspecified atom stereocenters. The second-order valence-corrected chi connectivity index (χ2v) is 68.6. The van der Waals surface area contributed by atoms with E-state index in [1.807, 2.05) is 0 Å². The van der Waals surface area contributed by atoms with Crippen LogP contribution in [0.4, 0.5) is 0 Å². The Kier molecular flexibility index (Phi) is 5.04. The molecule has 0 aromatic carbocycles. The van der Waals surface area contributed by atoms with Crippen molar-refractivity contribution in [3.8, 4) is 11.5 Å². The molecule has 0 radical (unpaired) electrons. The minimum Gasteiger partial charge on any atom is -0.132 e. The van der Waals surface area contributed by atoms with Gasteiger partial charge in [-0.15, -0.1) is 11.5 Å². The van der Waals surface area contributed by atoms with Crippen molar-refractivity contribution in [1.29, 1.82) is 0 Å². The van der Waals surface area contributed by atoms with E-state index in [4.69, 9.17) is 0 Å². The van der Waals surface area contributed by atoms with E-state index in [9.17, 15) is 0 Å². The average molecular weight is 471 g/mol. The van der Waals surface area contributed by atoms with Gasteiger partial charge in [-0.05, 0) is 0 Å². The fourth-order valence-electron chi connectivity index (χ4n) is 8.33. The molecule has 3 saturated heterocycles. The Morgan fingerprint density at radius 3 is 1.08 bits per heavy atom. The van der Waals surface area contributed by atoms with Gasteiger partial charge in [0.2, 0.25) is 0 Å². The standard InChI is InChI=1S/C19H46Si7/c1-20(2,3)17-16-19-24(10,11)21(4,5)18(22(6,7)25(19,12)13)23(8,9)26(19,14)15/h18H,1-15H3. The molecule has 0 aromatic heterocycles. The Labute approximate surface area is 171 Å². The van der Waals surface area contributed by atoms with E-state index in [1.165, 1.54) is 4.79 Å². The van der Waals surface area contributed by atoms with Gasteiger partial charge >= 0.3 is 0 Å². The van der Waals surface area contributed by atoms with E-state index in [-0.39, 0.29) is 0 Å². The summed E-state index contributed by atoms with van der Waals surface area (Å²) in [5.74, 6) is 4.40. The summed E-state index contributed by atoms with van der Waals surface area (Å²) in [6, 6.07) is 0. The predicted octanol–water partition coefficient (Wildman–Crippen LogP) is 6.65. The second kappa shape index (κ2) is 5.61. The molecule has 2 bridgehead atoms. The van der Waals surface area contributed by atoms with Crippen molar-refractivity contribution in [1.82, 2.24) is 0 Å². The largest absolute Gasteiger partial charge is 0.132 e. The van der Waals surface area contributed by atoms with Crippen LogP contribution in [-0.2, 0) is 0 Å². The predicted molar refractivity (Wildman–Crippen MR) is 142 cm³/mol. The average Bonchev–Trinajstić information content (AvgIpc) is 2.32. The molecular formula is C19H46Si7. The highest BCUT2D eigenvalue weighted by molar-refractivity contribution is 7.77. The maximum Gasteiger partial charge on any atom is 0.129 e. The monoisotopic (exact) mass is 470 g/mol. The molecule has 0 saturated carbocycles. The number of rotatable bonds is 0. The molecule has 0 spiro atoms. The lowest BCUT2D eigenvalue weighted by Crippen LogP contribution is -2.99. The third-order valence-corrected chi connectivity index (χ3v) is 100. The molecule has 0 atom stereocenters. The molecule has 3 aliphatic heterocycles. The van der Waals surface area contributed by atoms with Crippen LogP contribution < -0.4 is 0 Å². The first-order valence-corrected chi connectivity index (χ1v) is 35.3. The Morgan fingerprint density at radius 1 is 0.577 bits per heavy atom. The van der Waals surface area contributed by atoms with Crippen LogP contribution in [0, 0.1) is 11.5 Å². The van der Waals surface area contributed by atoms with Gasteiger partial charge in [0.25, 0.3) is 0 Å². The summed E-state index contributed by atoms with van der Waals surface area (Å²) in [5, 5.41) is 0. The van der Waals surface area contributed by atoms with Crippen LogP contribution in [0.15, 0.2) is 0 Å². The second-order valence-electron chi connectivity index (χ2n) is 13.7. The van der Waals surface area contributed by atoms with Crippen LogP contribution in [-0.4, -0.2) is 53.6 Å². The highest BCUT2D eigenvalue weighted by atomic mass is 29.4. The molecule has 3 aliphatic rings. The Bertz CT molecular complexity index is 612. The minimum atomic E-state index is -1.42. The SMILES string of the molecule is C[Si](C)(C)C#CC12[Si](C)(C)[Si](C)(C)C([Si](C)(C)[Si]1(C)C)[Si](C)(C)[Si]2(C)C. The zero-order valence-electron chi connectivity index (χ0n) is 20.6. The summed E-state index contributed by atoms with van der Waals surface area (Å²) in [7, 11) is -9.42. The maximum atomic E-state index is 4.40. The number of hydrogen-bond donors (Lipinski definition) is 0. The van der Waals surface area contributed by atoms with E-state index in [0.717, 1.165) is 0 Å². The lowest BCUT2D eigenvalue weighted by atomic mass is 10.8. The van der Waals surface area contributed by atoms with Crippen molar-refractivity contribution in [3.63, 3.8) is 0 Å². The van der Waals surface area contributed by atoms with Gasteiger partial charge in [0.05, 0.1) is 22.8 Å². The van der Waals surface area contributed by atoms with Gasteiger partial charge in [-0.1, -0.05) is 103 Å². The first-order valence-electron chi connectivity index (χ1n) is 10.6. The van der Waals surface area contributed by atoms with Crippen LogP contribution in [0.2, 0.25) is 107 Å². The fourth-order valence-corrected chi connectivity index (χ4v) is 152. The van der Waals surface area contributed by atoms with E-state index >= 15 is 0 Å². The summed E-state index contributed by atoms with van der Waals surface area (Å²) in [6.45, 7) is 41.6. The van der Waals surface area contributed by atoms with Crippen LogP contribution in [0.5, 0.6) is 0 Å². The van der Waals surface area contributed by atoms with E-state index < -0.39 is 53.6 Å². The van der Waals surface area contributed by atoms with Crippen molar-refractivity contribution in [2.75, 3.05) is 0 Å². The van der Waals surface area contributed by atoms with Gasteiger partial charge in [-0.2, -0.15) is 0 Å². The first kappa shape index (κ1) is 23.4. The summed E-state index contributed by atoms with van der Waals surface area (Å²) >= 11 is 0. The smallest absolute Gasteiger partial charge is 0.129 e. The fraction of sp³-hybridized carbons (Fsp3) is 0.895. The summed E-state index contributed by atoms with van der Waals surface area (Å²) in [5.41, 5.74) is 4.05. The number of fused-ring (bicyclic) bond motifs is 3. The van der Waals surface area contributed by atoms with Crippen molar-refractivity contribution in [2.24, 2.45) is 0 Å². The molecule has 150 valence electrons. The Hall–Kier alpha value is 1.08. The van der Waals surface area contributed by atoms with E-state index in [1.54, 1.807) is 0 Å². The minimum absolute atomic E-state index is 0.559. The highest BCUT2D eigenvalue weighted by Gasteiger charge is 2.87. The molecule has 3 heterocycles. The van der Waals surface area contributed by atoms with Gasteiger partial charge < -0.3 is 0 Å². The molecule has 0 aromatic rings. The van der Waals surface area contributed by atoms with Crippen LogP contribution in [0.25, 0.3) is 0 Å².